The van der Waals surface area contributed by atoms with E-state index < -0.39 is 0 Å². The first-order valence-corrected chi connectivity index (χ1v) is 11.2. The fourth-order valence-electron chi connectivity index (χ4n) is 3.14. The molecule has 3 rings (SSSR count). The molecular weight excluding hydrogens is 434 g/mol. The summed E-state index contributed by atoms with van der Waals surface area (Å²) in [6, 6.07) is 14.8. The average molecular weight is 458 g/mol. The zero-order valence-electron chi connectivity index (χ0n) is 17.6. The van der Waals surface area contributed by atoms with Crippen molar-refractivity contribution in [3.63, 3.8) is 0 Å². The van der Waals surface area contributed by atoms with E-state index in [1.165, 1.54) is 18.7 Å². The molecule has 31 heavy (non-hydrogen) atoms. The molecule has 0 saturated heterocycles. The van der Waals surface area contributed by atoms with Crippen molar-refractivity contribution >= 4 is 40.9 Å². The second kappa shape index (κ2) is 10.5. The first kappa shape index (κ1) is 22.8. The molecule has 9 heteroatoms. The lowest BCUT2D eigenvalue weighted by molar-refractivity contribution is -0.119. The van der Waals surface area contributed by atoms with Gasteiger partial charge in [0.05, 0.1) is 17.5 Å². The van der Waals surface area contributed by atoms with Gasteiger partial charge in [0.25, 0.3) is 0 Å². The van der Waals surface area contributed by atoms with Crippen LogP contribution in [-0.4, -0.2) is 32.3 Å². The number of aryl methyl sites for hydroxylation is 1. The molecule has 0 aliphatic rings. The van der Waals surface area contributed by atoms with Gasteiger partial charge < -0.3 is 10.6 Å². The number of carbonyl (C=O) groups excluding carboxylic acids is 2. The highest BCUT2D eigenvalue weighted by molar-refractivity contribution is 7.99. The van der Waals surface area contributed by atoms with Crippen molar-refractivity contribution in [3.8, 4) is 5.69 Å². The SMILES string of the molecule is CCC(NC(=O)CSc1nnc(C)n1-c1cccc(NC(C)=O)c1)c1ccc(Cl)cc1. The van der Waals surface area contributed by atoms with Crippen LogP contribution in [0.1, 0.15) is 37.7 Å². The van der Waals surface area contributed by atoms with Gasteiger partial charge in [0, 0.05) is 17.6 Å². The normalized spacial score (nSPS) is 11.7. The van der Waals surface area contributed by atoms with Gasteiger partial charge in [-0.05, 0) is 49.2 Å². The molecule has 1 unspecified atom stereocenters. The first-order valence-electron chi connectivity index (χ1n) is 9.85. The molecule has 1 heterocycles. The van der Waals surface area contributed by atoms with Crippen LogP contribution in [0.2, 0.25) is 5.02 Å². The number of amides is 2. The number of carbonyl (C=O) groups is 2. The van der Waals surface area contributed by atoms with Crippen molar-refractivity contribution in [2.75, 3.05) is 11.1 Å². The van der Waals surface area contributed by atoms with Crippen LogP contribution in [0.15, 0.2) is 53.7 Å². The Labute approximate surface area is 190 Å². The van der Waals surface area contributed by atoms with E-state index in [0.29, 0.717) is 21.7 Å². The largest absolute Gasteiger partial charge is 0.349 e. The van der Waals surface area contributed by atoms with Gasteiger partial charge in [-0.2, -0.15) is 0 Å². The number of rotatable bonds is 8. The van der Waals surface area contributed by atoms with Crippen LogP contribution in [-0.2, 0) is 9.59 Å². The maximum atomic E-state index is 12.6. The molecule has 0 radical (unpaired) electrons. The Morgan fingerprint density at radius 3 is 2.58 bits per heavy atom. The van der Waals surface area contributed by atoms with Crippen LogP contribution in [0.5, 0.6) is 0 Å². The Kier molecular flexibility index (Phi) is 7.70. The zero-order valence-corrected chi connectivity index (χ0v) is 19.1. The van der Waals surface area contributed by atoms with Crippen molar-refractivity contribution in [2.24, 2.45) is 0 Å². The van der Waals surface area contributed by atoms with E-state index in [-0.39, 0.29) is 23.6 Å². The summed E-state index contributed by atoms with van der Waals surface area (Å²) >= 11 is 7.27. The lowest BCUT2D eigenvalue weighted by Crippen LogP contribution is -2.29. The van der Waals surface area contributed by atoms with E-state index in [1.807, 2.05) is 66.9 Å². The van der Waals surface area contributed by atoms with Crippen LogP contribution < -0.4 is 10.6 Å². The Bertz CT molecular complexity index is 1070. The highest BCUT2D eigenvalue weighted by Gasteiger charge is 2.16. The molecule has 1 aromatic heterocycles. The van der Waals surface area contributed by atoms with Gasteiger partial charge in [0.15, 0.2) is 5.16 Å². The molecular formula is C22H24ClN5O2S. The van der Waals surface area contributed by atoms with Crippen molar-refractivity contribution in [1.82, 2.24) is 20.1 Å². The van der Waals surface area contributed by atoms with E-state index in [4.69, 9.17) is 11.6 Å². The van der Waals surface area contributed by atoms with Gasteiger partial charge in [0.2, 0.25) is 11.8 Å². The molecule has 162 valence electrons. The van der Waals surface area contributed by atoms with E-state index in [2.05, 4.69) is 20.8 Å². The van der Waals surface area contributed by atoms with Crippen molar-refractivity contribution in [3.05, 3.63) is 64.9 Å². The van der Waals surface area contributed by atoms with E-state index in [0.717, 1.165) is 17.7 Å². The van der Waals surface area contributed by atoms with Gasteiger partial charge in [-0.1, -0.05) is 48.5 Å². The summed E-state index contributed by atoms with van der Waals surface area (Å²) in [4.78, 5) is 23.9. The topological polar surface area (TPSA) is 88.9 Å². The minimum atomic E-state index is -0.143. The Hall–Kier alpha value is -2.84. The number of aromatic nitrogens is 3. The second-order valence-corrected chi connectivity index (χ2v) is 8.34. The van der Waals surface area contributed by atoms with Crippen molar-refractivity contribution in [1.29, 1.82) is 0 Å². The number of hydrogen-bond donors (Lipinski definition) is 2. The number of halogens is 1. The number of hydrogen-bond acceptors (Lipinski definition) is 5. The minimum Gasteiger partial charge on any atom is -0.349 e. The van der Waals surface area contributed by atoms with Gasteiger partial charge in [-0.3, -0.25) is 14.2 Å². The molecule has 0 bridgehead atoms. The average Bonchev–Trinajstić information content (AvgIpc) is 3.11. The predicted octanol–water partition coefficient (Wildman–Crippen LogP) is 4.55. The summed E-state index contributed by atoms with van der Waals surface area (Å²) in [6.07, 6.45) is 0.767. The fraction of sp³-hybridized carbons (Fsp3) is 0.273. The lowest BCUT2D eigenvalue weighted by atomic mass is 10.0. The second-order valence-electron chi connectivity index (χ2n) is 6.97. The van der Waals surface area contributed by atoms with Crippen molar-refractivity contribution in [2.45, 2.75) is 38.4 Å². The third kappa shape index (κ3) is 6.08. The fourth-order valence-corrected chi connectivity index (χ4v) is 4.08. The molecule has 0 aliphatic heterocycles. The van der Waals surface area contributed by atoms with E-state index in [9.17, 15) is 9.59 Å². The van der Waals surface area contributed by atoms with Crippen molar-refractivity contribution < 1.29 is 9.59 Å². The number of anilines is 1. The minimum absolute atomic E-state index is 0.0840. The Morgan fingerprint density at radius 2 is 1.90 bits per heavy atom. The maximum absolute atomic E-state index is 12.6. The third-order valence-electron chi connectivity index (χ3n) is 4.57. The Morgan fingerprint density at radius 1 is 1.16 bits per heavy atom. The van der Waals surface area contributed by atoms with Crippen LogP contribution in [0.25, 0.3) is 5.69 Å². The first-order chi connectivity index (χ1) is 14.9. The van der Waals surface area contributed by atoms with Gasteiger partial charge in [-0.25, -0.2) is 0 Å². The smallest absolute Gasteiger partial charge is 0.230 e. The molecule has 3 aromatic rings. The molecule has 2 N–H and O–H groups in total. The van der Waals surface area contributed by atoms with Gasteiger partial charge >= 0.3 is 0 Å². The molecule has 0 saturated carbocycles. The molecule has 2 aromatic carbocycles. The maximum Gasteiger partial charge on any atom is 0.230 e. The van der Waals surface area contributed by atoms with Gasteiger partial charge in [0.1, 0.15) is 5.82 Å². The highest BCUT2D eigenvalue weighted by atomic mass is 35.5. The predicted molar refractivity (Wildman–Crippen MR) is 124 cm³/mol. The summed E-state index contributed by atoms with van der Waals surface area (Å²) < 4.78 is 1.86. The highest BCUT2D eigenvalue weighted by Crippen LogP contribution is 2.24. The summed E-state index contributed by atoms with van der Waals surface area (Å²) in [6.45, 7) is 5.33. The number of thioether (sulfide) groups is 1. The molecule has 7 nitrogen and oxygen atoms in total. The van der Waals surface area contributed by atoms with Crippen LogP contribution >= 0.6 is 23.4 Å². The van der Waals surface area contributed by atoms with Crippen LogP contribution in [0.3, 0.4) is 0 Å². The number of nitrogens with zero attached hydrogens (tertiary/aromatic N) is 3. The van der Waals surface area contributed by atoms with Crippen LogP contribution in [0, 0.1) is 6.92 Å². The Balaban J connectivity index is 1.69. The molecule has 0 spiro atoms. The number of benzene rings is 2. The standard InChI is InChI=1S/C22H24ClN5O2S/c1-4-20(16-8-10-17(23)11-9-16)25-21(30)13-31-22-27-26-14(2)28(22)19-7-5-6-18(12-19)24-15(3)29/h5-12,20H,4,13H2,1-3H3,(H,24,29)(H,25,30). The zero-order chi connectivity index (χ0) is 22.4. The van der Waals surface area contributed by atoms with Crippen LogP contribution in [0.4, 0.5) is 5.69 Å². The molecule has 0 fully saturated rings. The van der Waals surface area contributed by atoms with E-state index >= 15 is 0 Å². The summed E-state index contributed by atoms with van der Waals surface area (Å²) in [5.74, 6) is 0.657. The quantitative estimate of drug-likeness (QED) is 0.484. The number of nitrogens with one attached hydrogen (secondary N) is 2. The summed E-state index contributed by atoms with van der Waals surface area (Å²) in [7, 11) is 0. The van der Waals surface area contributed by atoms with E-state index in [1.54, 1.807) is 0 Å². The monoisotopic (exact) mass is 457 g/mol. The lowest BCUT2D eigenvalue weighted by Gasteiger charge is -2.17. The molecule has 2 amide bonds. The molecule has 1 atom stereocenters. The van der Waals surface area contributed by atoms with Gasteiger partial charge in [-0.15, -0.1) is 10.2 Å². The summed E-state index contributed by atoms with van der Waals surface area (Å²) in [5.41, 5.74) is 2.50. The molecule has 0 aliphatic carbocycles. The summed E-state index contributed by atoms with van der Waals surface area (Å²) in [5, 5.41) is 15.5. The third-order valence-corrected chi connectivity index (χ3v) is 5.75.